The van der Waals surface area contributed by atoms with Gasteiger partial charge in [-0.1, -0.05) is 12.1 Å². The molecule has 0 aliphatic carbocycles. The van der Waals surface area contributed by atoms with Crippen LogP contribution in [0.3, 0.4) is 0 Å². The van der Waals surface area contributed by atoms with Crippen molar-refractivity contribution in [2.45, 2.75) is 20.4 Å². The number of nitrogens with zero attached hydrogens (tertiary/aromatic N) is 1. The molecule has 0 unspecified atom stereocenters. The molecule has 1 amide bonds. The second-order valence-corrected chi connectivity index (χ2v) is 6.04. The number of aromatic nitrogens is 3. The zero-order valence-corrected chi connectivity index (χ0v) is 14.4. The predicted octanol–water partition coefficient (Wildman–Crippen LogP) is 0.425. The molecule has 3 aromatic rings. The number of benzene rings is 1. The first kappa shape index (κ1) is 17.4. The molecule has 3 N–H and O–H groups in total. The molecule has 2 aromatic heterocycles. The highest BCUT2D eigenvalue weighted by atomic mass is 16.2. The van der Waals surface area contributed by atoms with Crippen molar-refractivity contribution in [1.29, 1.82) is 0 Å². The maximum Gasteiger partial charge on any atom is 0.273 e. The van der Waals surface area contributed by atoms with Gasteiger partial charge in [0.1, 0.15) is 5.56 Å². The first-order chi connectivity index (χ1) is 12.4. The van der Waals surface area contributed by atoms with E-state index in [0.29, 0.717) is 22.0 Å². The number of aromatic amines is 2. The molecule has 1 aromatic carbocycles. The highest BCUT2D eigenvalue weighted by Gasteiger charge is 2.14. The number of amides is 1. The van der Waals surface area contributed by atoms with Crippen LogP contribution in [-0.4, -0.2) is 27.2 Å². The molecule has 0 spiro atoms. The summed E-state index contributed by atoms with van der Waals surface area (Å²) in [6.45, 7) is 3.58. The maximum absolute atomic E-state index is 12.4. The van der Waals surface area contributed by atoms with Crippen molar-refractivity contribution in [1.82, 2.24) is 20.1 Å². The fourth-order valence-electron chi connectivity index (χ4n) is 2.91. The summed E-state index contributed by atoms with van der Waals surface area (Å²) in [7, 11) is 0. The van der Waals surface area contributed by atoms with Crippen LogP contribution < -0.4 is 22.0 Å². The summed E-state index contributed by atoms with van der Waals surface area (Å²) in [6.07, 6.45) is 0. The average Bonchev–Trinajstić information content (AvgIpc) is 2.58. The molecule has 0 saturated carbocycles. The van der Waals surface area contributed by atoms with Gasteiger partial charge in [-0.15, -0.1) is 0 Å². The van der Waals surface area contributed by atoms with Crippen molar-refractivity contribution in [2.75, 3.05) is 6.54 Å². The van der Waals surface area contributed by atoms with E-state index in [9.17, 15) is 19.2 Å². The molecule has 0 saturated heterocycles. The minimum Gasteiger partial charge on any atom is -0.350 e. The lowest BCUT2D eigenvalue weighted by molar-refractivity contribution is 0.0949. The van der Waals surface area contributed by atoms with Crippen LogP contribution in [0.1, 0.15) is 21.6 Å². The fourth-order valence-corrected chi connectivity index (χ4v) is 2.91. The number of pyridine rings is 1. The van der Waals surface area contributed by atoms with Crippen LogP contribution in [0.25, 0.3) is 10.8 Å². The Bertz CT molecular complexity index is 1170. The van der Waals surface area contributed by atoms with E-state index in [1.54, 1.807) is 44.2 Å². The molecular formula is C18H18N4O4. The average molecular weight is 354 g/mol. The van der Waals surface area contributed by atoms with Gasteiger partial charge < -0.3 is 10.3 Å². The topological polar surface area (TPSA) is 117 Å². The second-order valence-electron chi connectivity index (χ2n) is 6.04. The molecule has 0 bridgehead atoms. The van der Waals surface area contributed by atoms with Crippen LogP contribution in [0.4, 0.5) is 0 Å². The lowest BCUT2D eigenvalue weighted by Crippen LogP contribution is -2.37. The summed E-state index contributed by atoms with van der Waals surface area (Å²) in [5.41, 5.74) is 0.0896. The van der Waals surface area contributed by atoms with E-state index >= 15 is 0 Å². The van der Waals surface area contributed by atoms with Crippen LogP contribution in [0.15, 0.2) is 44.7 Å². The maximum atomic E-state index is 12.4. The molecule has 3 rings (SSSR count). The van der Waals surface area contributed by atoms with E-state index in [1.807, 2.05) is 0 Å². The zero-order valence-electron chi connectivity index (χ0n) is 14.4. The third kappa shape index (κ3) is 3.21. The summed E-state index contributed by atoms with van der Waals surface area (Å²) < 4.78 is 1.15. The molecule has 0 aliphatic rings. The molecule has 0 radical (unpaired) electrons. The van der Waals surface area contributed by atoms with Crippen LogP contribution in [0, 0.1) is 13.8 Å². The predicted molar refractivity (Wildman–Crippen MR) is 97.7 cm³/mol. The van der Waals surface area contributed by atoms with Crippen LogP contribution in [0.2, 0.25) is 0 Å². The number of rotatable bonds is 4. The standard InChI is InChI=1S/C18H18N4O4/c1-10-9-11(2)20-17(25)14(10)16(24)19-7-8-22-18(26)13-6-4-3-5-12(13)15(23)21-22/h3-6,9H,7-8H2,1-2H3,(H,19,24)(H,20,25)(H,21,23). The molecule has 26 heavy (non-hydrogen) atoms. The molecule has 8 heteroatoms. The molecule has 134 valence electrons. The van der Waals surface area contributed by atoms with Gasteiger partial charge in [-0.25, -0.2) is 4.68 Å². The Hall–Kier alpha value is -3.42. The Morgan fingerprint density at radius 3 is 2.46 bits per heavy atom. The van der Waals surface area contributed by atoms with Gasteiger partial charge in [0.15, 0.2) is 0 Å². The van der Waals surface area contributed by atoms with E-state index < -0.39 is 11.5 Å². The Kier molecular flexibility index (Phi) is 4.57. The molecule has 8 nitrogen and oxygen atoms in total. The van der Waals surface area contributed by atoms with Crippen molar-refractivity contribution >= 4 is 16.7 Å². The van der Waals surface area contributed by atoms with Gasteiger partial charge in [0.2, 0.25) is 0 Å². The largest absolute Gasteiger partial charge is 0.350 e. The lowest BCUT2D eigenvalue weighted by atomic mass is 10.1. The first-order valence-electron chi connectivity index (χ1n) is 8.09. The number of carbonyl (C=O) groups is 1. The highest BCUT2D eigenvalue weighted by molar-refractivity contribution is 5.95. The van der Waals surface area contributed by atoms with Crippen LogP contribution >= 0.6 is 0 Å². The molecule has 0 atom stereocenters. The summed E-state index contributed by atoms with van der Waals surface area (Å²) in [4.78, 5) is 51.3. The van der Waals surface area contributed by atoms with Crippen LogP contribution in [-0.2, 0) is 6.54 Å². The summed E-state index contributed by atoms with van der Waals surface area (Å²) in [5, 5.41) is 5.73. The van der Waals surface area contributed by atoms with Crippen molar-refractivity contribution in [3.63, 3.8) is 0 Å². The Morgan fingerprint density at radius 1 is 1.08 bits per heavy atom. The van der Waals surface area contributed by atoms with E-state index in [0.717, 1.165) is 4.68 Å². The Labute approximate surface area is 147 Å². The monoisotopic (exact) mass is 354 g/mol. The van der Waals surface area contributed by atoms with E-state index in [2.05, 4.69) is 15.4 Å². The minimum absolute atomic E-state index is 0.0370. The minimum atomic E-state index is -0.528. The number of fused-ring (bicyclic) bond motifs is 1. The number of aryl methyl sites for hydroxylation is 2. The molecule has 2 heterocycles. The second kappa shape index (κ2) is 6.83. The number of carbonyl (C=O) groups excluding carboxylic acids is 1. The number of hydrogen-bond donors (Lipinski definition) is 3. The summed E-state index contributed by atoms with van der Waals surface area (Å²) >= 11 is 0. The first-order valence-corrected chi connectivity index (χ1v) is 8.09. The van der Waals surface area contributed by atoms with Gasteiger partial charge in [-0.05, 0) is 37.6 Å². The Morgan fingerprint density at radius 2 is 1.77 bits per heavy atom. The van der Waals surface area contributed by atoms with E-state index in [1.165, 1.54) is 0 Å². The van der Waals surface area contributed by atoms with Gasteiger partial charge in [0.25, 0.3) is 22.6 Å². The fraction of sp³-hybridized carbons (Fsp3) is 0.222. The van der Waals surface area contributed by atoms with Crippen LogP contribution in [0.5, 0.6) is 0 Å². The normalized spacial score (nSPS) is 10.8. The zero-order chi connectivity index (χ0) is 18.8. The van der Waals surface area contributed by atoms with Gasteiger partial charge in [-0.3, -0.25) is 24.3 Å². The SMILES string of the molecule is Cc1cc(C)c(C(=O)NCCn2[nH]c(=O)c3ccccc3c2=O)c(=O)[nH]1. The van der Waals surface area contributed by atoms with Gasteiger partial charge in [-0.2, -0.15) is 0 Å². The van der Waals surface area contributed by atoms with Crippen molar-refractivity contribution in [3.05, 3.63) is 78.2 Å². The van der Waals surface area contributed by atoms with Gasteiger partial charge >= 0.3 is 0 Å². The lowest BCUT2D eigenvalue weighted by Gasteiger charge is -2.10. The third-order valence-corrected chi connectivity index (χ3v) is 4.10. The van der Waals surface area contributed by atoms with Gasteiger partial charge in [0, 0.05) is 12.2 Å². The summed E-state index contributed by atoms with van der Waals surface area (Å²) in [6, 6.07) is 8.23. The molecule has 0 fully saturated rings. The smallest absolute Gasteiger partial charge is 0.273 e. The highest BCUT2D eigenvalue weighted by Crippen LogP contribution is 2.04. The number of nitrogens with one attached hydrogen (secondary N) is 3. The molecular weight excluding hydrogens is 336 g/mol. The van der Waals surface area contributed by atoms with Crippen molar-refractivity contribution in [2.24, 2.45) is 0 Å². The third-order valence-electron chi connectivity index (χ3n) is 4.10. The quantitative estimate of drug-likeness (QED) is 0.630. The summed E-state index contributed by atoms with van der Waals surface area (Å²) in [5.74, 6) is -0.528. The Balaban J connectivity index is 1.79. The van der Waals surface area contributed by atoms with Crippen molar-refractivity contribution < 1.29 is 4.79 Å². The van der Waals surface area contributed by atoms with Gasteiger partial charge in [0.05, 0.1) is 17.3 Å². The molecule has 0 aliphatic heterocycles. The van der Waals surface area contributed by atoms with E-state index in [-0.39, 0.29) is 29.8 Å². The van der Waals surface area contributed by atoms with Crippen molar-refractivity contribution in [3.8, 4) is 0 Å². The number of H-pyrrole nitrogens is 2. The number of hydrogen-bond acceptors (Lipinski definition) is 4. The van der Waals surface area contributed by atoms with E-state index in [4.69, 9.17) is 0 Å².